The van der Waals surface area contributed by atoms with Gasteiger partial charge in [-0.25, -0.2) is 4.99 Å². The van der Waals surface area contributed by atoms with Crippen LogP contribution in [0.25, 0.3) is 0 Å². The Kier molecular flexibility index (Phi) is 9.19. The Morgan fingerprint density at radius 2 is 1.97 bits per heavy atom. The van der Waals surface area contributed by atoms with Crippen LogP contribution in [0.4, 0.5) is 0 Å². The van der Waals surface area contributed by atoms with Crippen molar-refractivity contribution in [3.05, 3.63) is 17.5 Å². The van der Waals surface area contributed by atoms with Crippen molar-refractivity contribution in [3.63, 3.8) is 0 Å². The summed E-state index contributed by atoms with van der Waals surface area (Å²) in [4.78, 5) is 18.1. The highest BCUT2D eigenvalue weighted by Crippen LogP contribution is 2.21. The third-order valence-corrected chi connectivity index (χ3v) is 5.40. The first-order valence-electron chi connectivity index (χ1n) is 10.3. The molecule has 9 heteroatoms. The maximum absolute atomic E-state index is 12.0. The molecule has 164 valence electrons. The number of ether oxygens (including phenoxy) is 1. The van der Waals surface area contributed by atoms with Crippen LogP contribution in [0.5, 0.6) is 0 Å². The quantitative estimate of drug-likeness (QED) is 0.353. The third kappa shape index (κ3) is 6.84. The van der Waals surface area contributed by atoms with Crippen LogP contribution in [-0.4, -0.2) is 72.5 Å². The maximum atomic E-state index is 12.0. The van der Waals surface area contributed by atoms with Crippen molar-refractivity contribution < 1.29 is 9.53 Å². The molecule has 1 aromatic rings. The fraction of sp³-hybridized carbons (Fsp3) is 0.750. The van der Waals surface area contributed by atoms with Gasteiger partial charge in [0.1, 0.15) is 6.54 Å². The van der Waals surface area contributed by atoms with E-state index in [2.05, 4.69) is 40.4 Å². The summed E-state index contributed by atoms with van der Waals surface area (Å²) >= 11 is 0. The van der Waals surface area contributed by atoms with Crippen molar-refractivity contribution in [1.29, 1.82) is 0 Å². The molecule has 0 saturated carbocycles. The van der Waals surface area contributed by atoms with Crippen molar-refractivity contribution in [1.82, 2.24) is 25.3 Å². The number of hydrogen-bond acceptors (Lipinski definition) is 4. The van der Waals surface area contributed by atoms with Crippen molar-refractivity contribution in [2.75, 3.05) is 33.9 Å². The Bertz CT molecular complexity index is 697. The fourth-order valence-electron chi connectivity index (χ4n) is 3.55. The zero-order valence-corrected chi connectivity index (χ0v) is 20.3. The Morgan fingerprint density at radius 1 is 1.28 bits per heavy atom. The summed E-state index contributed by atoms with van der Waals surface area (Å²) in [7, 11) is 3.51. The fourth-order valence-corrected chi connectivity index (χ4v) is 3.55. The number of amides is 1. The molecule has 1 aromatic heterocycles. The molecule has 1 atom stereocenters. The number of likely N-dealkylation sites (N-methyl/N-ethyl adjacent to an activating group) is 1. The van der Waals surface area contributed by atoms with Crippen LogP contribution in [0, 0.1) is 0 Å². The molecular formula is C20H35IN6O2. The molecule has 29 heavy (non-hydrogen) atoms. The molecule has 0 bridgehead atoms. The lowest BCUT2D eigenvalue weighted by Gasteiger charge is -2.29. The number of rotatable bonds is 5. The van der Waals surface area contributed by atoms with Crippen molar-refractivity contribution in [2.45, 2.75) is 64.1 Å². The maximum Gasteiger partial charge on any atom is 0.243 e. The van der Waals surface area contributed by atoms with Gasteiger partial charge in [0.25, 0.3) is 0 Å². The molecule has 1 unspecified atom stereocenters. The molecule has 1 saturated heterocycles. The van der Waals surface area contributed by atoms with Gasteiger partial charge in [-0.15, -0.1) is 24.0 Å². The van der Waals surface area contributed by atoms with Gasteiger partial charge in [0.05, 0.1) is 5.69 Å². The topological polar surface area (TPSA) is 83.8 Å². The van der Waals surface area contributed by atoms with Crippen LogP contribution in [0.15, 0.2) is 11.2 Å². The van der Waals surface area contributed by atoms with Gasteiger partial charge in [-0.3, -0.25) is 9.48 Å². The lowest BCUT2D eigenvalue weighted by atomic mass is 9.94. The molecule has 0 radical (unpaired) electrons. The Hall–Kier alpha value is -1.36. The smallest absolute Gasteiger partial charge is 0.243 e. The van der Waals surface area contributed by atoms with E-state index in [9.17, 15) is 4.79 Å². The molecule has 3 rings (SSSR count). The molecule has 8 nitrogen and oxygen atoms in total. The first-order valence-corrected chi connectivity index (χ1v) is 10.3. The van der Waals surface area contributed by atoms with Gasteiger partial charge < -0.3 is 20.3 Å². The minimum atomic E-state index is -0.00492. The Morgan fingerprint density at radius 3 is 2.62 bits per heavy atom. The lowest BCUT2D eigenvalue weighted by Crippen LogP contribution is -2.50. The van der Waals surface area contributed by atoms with E-state index in [1.54, 1.807) is 19.0 Å². The van der Waals surface area contributed by atoms with Crippen LogP contribution >= 0.6 is 24.0 Å². The van der Waals surface area contributed by atoms with E-state index in [-0.39, 0.29) is 42.5 Å². The van der Waals surface area contributed by atoms with Crippen LogP contribution in [0.3, 0.4) is 0 Å². The second-order valence-corrected chi connectivity index (χ2v) is 8.24. The van der Waals surface area contributed by atoms with Crippen molar-refractivity contribution >= 4 is 35.8 Å². The largest absolute Gasteiger partial charge is 0.381 e. The zero-order valence-electron chi connectivity index (χ0n) is 18.0. The van der Waals surface area contributed by atoms with E-state index < -0.39 is 0 Å². The lowest BCUT2D eigenvalue weighted by molar-refractivity contribution is -0.127. The Balaban J connectivity index is 0.00000300. The molecule has 1 fully saturated rings. The minimum Gasteiger partial charge on any atom is -0.381 e. The average molecular weight is 518 g/mol. The van der Waals surface area contributed by atoms with E-state index in [0.717, 1.165) is 51.3 Å². The highest BCUT2D eigenvalue weighted by Gasteiger charge is 2.24. The second kappa shape index (κ2) is 11.1. The van der Waals surface area contributed by atoms with E-state index in [1.165, 1.54) is 11.3 Å². The average Bonchev–Trinajstić information content (AvgIpc) is 3.10. The molecule has 2 N–H and O–H groups in total. The summed E-state index contributed by atoms with van der Waals surface area (Å²) in [5, 5.41) is 11.8. The number of hydrogen-bond donors (Lipinski definition) is 2. The molecule has 0 aromatic carbocycles. The van der Waals surface area contributed by atoms with Crippen LogP contribution < -0.4 is 10.6 Å². The predicted octanol–water partition coefficient (Wildman–Crippen LogP) is 1.74. The summed E-state index contributed by atoms with van der Waals surface area (Å²) in [5.74, 6) is 0.716. The van der Waals surface area contributed by atoms with Crippen LogP contribution in [0.2, 0.25) is 0 Å². The molecule has 1 aliphatic carbocycles. The number of aliphatic imine (C=N–C) groups is 1. The van der Waals surface area contributed by atoms with Gasteiger partial charge in [-0.2, -0.15) is 5.10 Å². The number of carbonyl (C=O) groups is 1. The first kappa shape index (κ1) is 23.9. The van der Waals surface area contributed by atoms with E-state index in [0.29, 0.717) is 12.1 Å². The Labute approximate surface area is 190 Å². The molecule has 0 spiro atoms. The number of aryl methyl sites for hydroxylation is 1. The minimum absolute atomic E-state index is 0. The number of aromatic nitrogens is 2. The number of halogens is 1. The van der Waals surface area contributed by atoms with Gasteiger partial charge in [0.2, 0.25) is 5.91 Å². The number of nitrogens with one attached hydrogen (secondary N) is 2. The summed E-state index contributed by atoms with van der Waals surface area (Å²) in [6.45, 7) is 5.98. The molecule has 1 aliphatic heterocycles. The molecular weight excluding hydrogens is 483 g/mol. The van der Waals surface area contributed by atoms with Gasteiger partial charge >= 0.3 is 0 Å². The van der Waals surface area contributed by atoms with Crippen LogP contribution in [-0.2, 0) is 22.4 Å². The number of guanidine groups is 1. The standard InChI is InChI=1S/C20H34N6O2.HI/c1-14(2)26-13-15-5-6-17(11-18(15)24-26)23-20(21-12-19(27)25(3)4)22-16-7-9-28-10-8-16;/h13-14,16-17H,5-12H2,1-4H3,(H2,21,22,23);1H. The monoisotopic (exact) mass is 518 g/mol. The number of carbonyl (C=O) groups excluding carboxylic acids is 1. The van der Waals surface area contributed by atoms with E-state index in [4.69, 9.17) is 9.84 Å². The summed E-state index contributed by atoms with van der Waals surface area (Å²) in [6.07, 6.45) is 7.02. The zero-order chi connectivity index (χ0) is 20.1. The first-order chi connectivity index (χ1) is 13.4. The van der Waals surface area contributed by atoms with Crippen molar-refractivity contribution in [3.8, 4) is 0 Å². The highest BCUT2D eigenvalue weighted by atomic mass is 127. The molecule has 1 amide bonds. The summed E-state index contributed by atoms with van der Waals surface area (Å²) < 4.78 is 7.50. The van der Waals surface area contributed by atoms with Gasteiger partial charge in [-0.05, 0) is 45.1 Å². The van der Waals surface area contributed by atoms with Crippen LogP contribution in [0.1, 0.15) is 50.4 Å². The van der Waals surface area contributed by atoms with Crippen molar-refractivity contribution in [2.24, 2.45) is 4.99 Å². The van der Waals surface area contributed by atoms with E-state index in [1.807, 2.05) is 0 Å². The number of nitrogens with zero attached hydrogens (tertiary/aromatic N) is 4. The SMILES string of the molecule is CC(C)n1cc2c(n1)CC(NC(=NCC(=O)N(C)C)NC1CCOCC1)CC2.I. The predicted molar refractivity (Wildman–Crippen MR) is 125 cm³/mol. The van der Waals surface area contributed by atoms with E-state index >= 15 is 0 Å². The summed E-state index contributed by atoms with van der Waals surface area (Å²) in [6, 6.07) is 0.971. The summed E-state index contributed by atoms with van der Waals surface area (Å²) in [5.41, 5.74) is 2.53. The highest BCUT2D eigenvalue weighted by molar-refractivity contribution is 14.0. The molecule has 2 aliphatic rings. The number of fused-ring (bicyclic) bond motifs is 1. The van der Waals surface area contributed by atoms with Gasteiger partial charge in [0, 0.05) is 58.1 Å². The van der Waals surface area contributed by atoms with Gasteiger partial charge in [0.15, 0.2) is 5.96 Å². The molecule has 2 heterocycles. The normalized spacial score (nSPS) is 20.0. The third-order valence-electron chi connectivity index (χ3n) is 5.40. The van der Waals surface area contributed by atoms with Gasteiger partial charge in [-0.1, -0.05) is 0 Å². The second-order valence-electron chi connectivity index (χ2n) is 8.24.